The molecule has 136 valence electrons. The highest BCUT2D eigenvalue weighted by molar-refractivity contribution is 5.95. The van der Waals surface area contributed by atoms with Crippen molar-refractivity contribution in [2.24, 2.45) is 0 Å². The van der Waals surface area contributed by atoms with E-state index < -0.39 is 6.17 Å². The summed E-state index contributed by atoms with van der Waals surface area (Å²) in [5.74, 6) is -0.0392. The predicted octanol–water partition coefficient (Wildman–Crippen LogP) is 0.834. The standard InChI is InChI=1S/C18H24FN3O3/c19-14-8-16(12-23)21(10-14)11-17(24)20-9-13-3-5-15(6-4-13)22-7-1-2-18(22)25/h3-6,14,16,23H,1-2,7-12H2,(H,20,24)/t14-,16-/m0/s1. The average Bonchev–Trinajstić information content (AvgIpc) is 3.18. The van der Waals surface area contributed by atoms with E-state index in [1.165, 1.54) is 0 Å². The Morgan fingerprint density at radius 3 is 2.72 bits per heavy atom. The molecule has 0 bridgehead atoms. The predicted molar refractivity (Wildman–Crippen MR) is 91.8 cm³/mol. The summed E-state index contributed by atoms with van der Waals surface area (Å²) in [7, 11) is 0. The number of nitrogens with one attached hydrogen (secondary N) is 1. The molecule has 0 unspecified atom stereocenters. The SMILES string of the molecule is O=C(CN1C[C@@H](F)C[C@H]1CO)NCc1ccc(N2CCCC2=O)cc1. The molecular formula is C18H24FN3O3. The molecule has 0 saturated carbocycles. The Balaban J connectivity index is 1.48. The Morgan fingerprint density at radius 2 is 2.08 bits per heavy atom. The Bertz CT molecular complexity index is 622. The van der Waals surface area contributed by atoms with Gasteiger partial charge in [0.15, 0.2) is 0 Å². The zero-order chi connectivity index (χ0) is 17.8. The number of likely N-dealkylation sites (tertiary alicyclic amines) is 1. The maximum absolute atomic E-state index is 13.4. The molecule has 1 aromatic rings. The number of benzene rings is 1. The monoisotopic (exact) mass is 349 g/mol. The summed E-state index contributed by atoms with van der Waals surface area (Å²) in [4.78, 5) is 27.2. The van der Waals surface area contributed by atoms with Crippen LogP contribution < -0.4 is 10.2 Å². The number of halogens is 1. The summed E-state index contributed by atoms with van der Waals surface area (Å²) >= 11 is 0. The van der Waals surface area contributed by atoms with Gasteiger partial charge in [-0.2, -0.15) is 0 Å². The van der Waals surface area contributed by atoms with E-state index in [-0.39, 0.29) is 44.0 Å². The van der Waals surface area contributed by atoms with E-state index in [4.69, 9.17) is 0 Å². The first-order valence-electron chi connectivity index (χ1n) is 8.72. The molecule has 6 nitrogen and oxygen atoms in total. The Kier molecular flexibility index (Phi) is 5.65. The number of aliphatic hydroxyl groups is 1. The molecule has 3 rings (SSSR count). The Hall–Kier alpha value is -1.99. The van der Waals surface area contributed by atoms with Crippen molar-refractivity contribution in [1.29, 1.82) is 0 Å². The van der Waals surface area contributed by atoms with Crippen molar-refractivity contribution < 1.29 is 19.1 Å². The van der Waals surface area contributed by atoms with Crippen LogP contribution in [0.25, 0.3) is 0 Å². The third kappa shape index (κ3) is 4.35. The summed E-state index contributed by atoms with van der Waals surface area (Å²) in [6.45, 7) is 1.28. The molecule has 2 aliphatic heterocycles. The summed E-state index contributed by atoms with van der Waals surface area (Å²) in [5, 5.41) is 12.1. The molecule has 2 saturated heterocycles. The molecule has 1 aromatic carbocycles. The zero-order valence-electron chi connectivity index (χ0n) is 14.2. The van der Waals surface area contributed by atoms with Crippen LogP contribution in [0.4, 0.5) is 10.1 Å². The molecule has 25 heavy (non-hydrogen) atoms. The number of nitrogens with zero attached hydrogens (tertiary/aromatic N) is 2. The lowest BCUT2D eigenvalue weighted by Gasteiger charge is -2.21. The quantitative estimate of drug-likeness (QED) is 0.798. The Morgan fingerprint density at radius 1 is 1.32 bits per heavy atom. The second kappa shape index (κ2) is 7.93. The Labute approximate surface area is 146 Å². The van der Waals surface area contributed by atoms with Gasteiger partial charge >= 0.3 is 0 Å². The van der Waals surface area contributed by atoms with Crippen molar-refractivity contribution in [3.05, 3.63) is 29.8 Å². The topological polar surface area (TPSA) is 72.9 Å². The van der Waals surface area contributed by atoms with Crippen molar-refractivity contribution in [3.8, 4) is 0 Å². The molecule has 2 heterocycles. The highest BCUT2D eigenvalue weighted by Crippen LogP contribution is 2.22. The van der Waals surface area contributed by atoms with E-state index in [0.717, 1.165) is 24.2 Å². The number of hydrogen-bond acceptors (Lipinski definition) is 4. The zero-order valence-corrected chi connectivity index (χ0v) is 14.2. The first kappa shape index (κ1) is 17.8. The molecule has 0 radical (unpaired) electrons. The number of anilines is 1. The van der Waals surface area contributed by atoms with Gasteiger partial charge in [0.05, 0.1) is 13.2 Å². The summed E-state index contributed by atoms with van der Waals surface area (Å²) in [6, 6.07) is 7.29. The molecule has 0 spiro atoms. The van der Waals surface area contributed by atoms with Crippen molar-refractivity contribution in [2.45, 2.75) is 38.0 Å². The molecule has 7 heteroatoms. The number of carbonyl (C=O) groups excluding carboxylic acids is 2. The van der Waals surface area contributed by atoms with Crippen LogP contribution in [0.1, 0.15) is 24.8 Å². The largest absolute Gasteiger partial charge is 0.395 e. The minimum Gasteiger partial charge on any atom is -0.395 e. The number of hydrogen-bond donors (Lipinski definition) is 2. The van der Waals surface area contributed by atoms with E-state index >= 15 is 0 Å². The molecule has 2 fully saturated rings. The second-order valence-corrected chi connectivity index (χ2v) is 6.69. The number of rotatable bonds is 6. The van der Waals surface area contributed by atoms with E-state index in [2.05, 4.69) is 5.32 Å². The van der Waals surface area contributed by atoms with Crippen molar-refractivity contribution >= 4 is 17.5 Å². The van der Waals surface area contributed by atoms with E-state index in [0.29, 0.717) is 13.0 Å². The van der Waals surface area contributed by atoms with Crippen LogP contribution >= 0.6 is 0 Å². The second-order valence-electron chi connectivity index (χ2n) is 6.69. The van der Waals surface area contributed by atoms with Crippen LogP contribution in [0.2, 0.25) is 0 Å². The highest BCUT2D eigenvalue weighted by Gasteiger charge is 2.32. The maximum atomic E-state index is 13.4. The number of alkyl halides is 1. The van der Waals surface area contributed by atoms with Crippen LogP contribution in [0.3, 0.4) is 0 Å². The lowest BCUT2D eigenvalue weighted by molar-refractivity contribution is -0.122. The van der Waals surface area contributed by atoms with Crippen molar-refractivity contribution in [2.75, 3.05) is 31.1 Å². The lowest BCUT2D eigenvalue weighted by Crippen LogP contribution is -2.41. The van der Waals surface area contributed by atoms with Crippen LogP contribution in [0, 0.1) is 0 Å². The molecule has 2 aliphatic rings. The van der Waals surface area contributed by atoms with E-state index in [1.807, 2.05) is 24.3 Å². The maximum Gasteiger partial charge on any atom is 0.234 e. The van der Waals surface area contributed by atoms with Gasteiger partial charge in [-0.15, -0.1) is 0 Å². The minimum atomic E-state index is -0.981. The van der Waals surface area contributed by atoms with Gasteiger partial charge in [-0.25, -0.2) is 4.39 Å². The van der Waals surface area contributed by atoms with Crippen molar-refractivity contribution in [3.63, 3.8) is 0 Å². The first-order chi connectivity index (χ1) is 12.1. The lowest BCUT2D eigenvalue weighted by atomic mass is 10.2. The van der Waals surface area contributed by atoms with Gasteiger partial charge in [0.2, 0.25) is 11.8 Å². The van der Waals surface area contributed by atoms with Crippen molar-refractivity contribution in [1.82, 2.24) is 10.2 Å². The third-order valence-electron chi connectivity index (χ3n) is 4.85. The molecule has 2 N–H and O–H groups in total. The normalized spacial score (nSPS) is 24.1. The summed E-state index contributed by atoms with van der Waals surface area (Å²) in [5.41, 5.74) is 1.82. The van der Waals surface area contributed by atoms with Crippen LogP contribution in [-0.2, 0) is 16.1 Å². The fourth-order valence-corrected chi connectivity index (χ4v) is 3.46. The summed E-state index contributed by atoms with van der Waals surface area (Å²) < 4.78 is 13.4. The minimum absolute atomic E-state index is 0.0893. The molecular weight excluding hydrogens is 325 g/mol. The van der Waals surface area contributed by atoms with Gasteiger partial charge in [0, 0.05) is 37.8 Å². The van der Waals surface area contributed by atoms with E-state index in [1.54, 1.807) is 9.80 Å². The third-order valence-corrected chi connectivity index (χ3v) is 4.85. The van der Waals surface area contributed by atoms with E-state index in [9.17, 15) is 19.1 Å². The molecule has 2 atom stereocenters. The average molecular weight is 349 g/mol. The highest BCUT2D eigenvalue weighted by atomic mass is 19.1. The fraction of sp³-hybridized carbons (Fsp3) is 0.556. The van der Waals surface area contributed by atoms with Gasteiger partial charge < -0.3 is 15.3 Å². The van der Waals surface area contributed by atoms with Gasteiger partial charge in [-0.05, 0) is 30.5 Å². The number of carbonyl (C=O) groups is 2. The van der Waals surface area contributed by atoms with Crippen LogP contribution in [0.5, 0.6) is 0 Å². The van der Waals surface area contributed by atoms with Gasteiger partial charge in [-0.1, -0.05) is 12.1 Å². The van der Waals surface area contributed by atoms with Gasteiger partial charge in [0.1, 0.15) is 6.17 Å². The number of amides is 2. The molecule has 0 aliphatic carbocycles. The van der Waals surface area contributed by atoms with Gasteiger partial charge in [-0.3, -0.25) is 14.5 Å². The number of aliphatic hydroxyl groups excluding tert-OH is 1. The fourth-order valence-electron chi connectivity index (χ4n) is 3.46. The first-order valence-corrected chi connectivity index (χ1v) is 8.72. The van der Waals surface area contributed by atoms with Gasteiger partial charge in [0.25, 0.3) is 0 Å². The smallest absolute Gasteiger partial charge is 0.234 e. The molecule has 0 aromatic heterocycles. The van der Waals surface area contributed by atoms with Crippen LogP contribution in [-0.4, -0.2) is 60.3 Å². The summed E-state index contributed by atoms with van der Waals surface area (Å²) in [6.07, 6.45) is 0.788. The van der Waals surface area contributed by atoms with Crippen LogP contribution in [0.15, 0.2) is 24.3 Å². The molecule has 2 amide bonds.